The third kappa shape index (κ3) is 3.20. The maximum atomic E-state index is 10.6. The lowest BCUT2D eigenvalue weighted by Gasteiger charge is -2.19. The van der Waals surface area contributed by atoms with Crippen molar-refractivity contribution < 1.29 is 4.92 Å². The van der Waals surface area contributed by atoms with Gasteiger partial charge in [-0.15, -0.1) is 0 Å². The van der Waals surface area contributed by atoms with Crippen LogP contribution in [0, 0.1) is 16.0 Å². The molecule has 0 aliphatic rings. The summed E-state index contributed by atoms with van der Waals surface area (Å²) in [5.74, 6) is 0.464. The summed E-state index contributed by atoms with van der Waals surface area (Å²) >= 11 is 3.37. The van der Waals surface area contributed by atoms with Gasteiger partial charge < -0.3 is 5.32 Å². The molecule has 4 nitrogen and oxygen atoms in total. The molecule has 5 heteroatoms. The molecule has 0 amide bonds. The molecule has 1 aromatic carbocycles. The van der Waals surface area contributed by atoms with Crippen molar-refractivity contribution in [2.24, 2.45) is 5.92 Å². The normalized spacial score (nSPS) is 12.6. The van der Waals surface area contributed by atoms with Crippen molar-refractivity contribution in [2.75, 3.05) is 5.32 Å². The molecule has 0 heterocycles. The third-order valence-corrected chi connectivity index (χ3v) is 3.24. The van der Waals surface area contributed by atoms with Gasteiger partial charge in [-0.3, -0.25) is 10.1 Å². The van der Waals surface area contributed by atoms with E-state index in [0.29, 0.717) is 5.92 Å². The average molecular weight is 287 g/mol. The van der Waals surface area contributed by atoms with Gasteiger partial charge in [0.05, 0.1) is 10.6 Å². The Morgan fingerprint density at radius 3 is 2.50 bits per heavy atom. The van der Waals surface area contributed by atoms with Gasteiger partial charge in [0.15, 0.2) is 0 Å². The van der Waals surface area contributed by atoms with Crippen LogP contribution in [0.25, 0.3) is 0 Å². The van der Waals surface area contributed by atoms with Crippen LogP contribution < -0.4 is 5.32 Å². The first-order valence-corrected chi connectivity index (χ1v) is 5.91. The number of nitro groups is 1. The fourth-order valence-electron chi connectivity index (χ4n) is 1.15. The predicted molar refractivity (Wildman–Crippen MR) is 68.7 cm³/mol. The van der Waals surface area contributed by atoms with Crippen molar-refractivity contribution in [3.63, 3.8) is 0 Å². The van der Waals surface area contributed by atoms with E-state index in [9.17, 15) is 10.1 Å². The minimum absolute atomic E-state index is 0.0988. The van der Waals surface area contributed by atoms with Crippen LogP contribution >= 0.6 is 15.9 Å². The summed E-state index contributed by atoms with van der Waals surface area (Å²) in [6, 6.07) is 4.98. The largest absolute Gasteiger partial charge is 0.381 e. The number of hydrogen-bond acceptors (Lipinski definition) is 3. The van der Waals surface area contributed by atoms with Crippen LogP contribution in [-0.2, 0) is 0 Å². The molecule has 16 heavy (non-hydrogen) atoms. The molecular weight excluding hydrogens is 272 g/mol. The Hall–Kier alpha value is -1.10. The number of halogens is 1. The van der Waals surface area contributed by atoms with Gasteiger partial charge in [0.25, 0.3) is 5.69 Å². The van der Waals surface area contributed by atoms with E-state index in [0.717, 1.165) is 10.2 Å². The van der Waals surface area contributed by atoms with Crippen LogP contribution in [0.3, 0.4) is 0 Å². The molecule has 0 aromatic heterocycles. The van der Waals surface area contributed by atoms with Crippen LogP contribution in [0.15, 0.2) is 22.7 Å². The highest BCUT2D eigenvalue weighted by molar-refractivity contribution is 9.10. The van der Waals surface area contributed by atoms with Gasteiger partial charge in [-0.25, -0.2) is 0 Å². The van der Waals surface area contributed by atoms with Crippen molar-refractivity contribution >= 4 is 27.3 Å². The molecule has 1 aromatic rings. The van der Waals surface area contributed by atoms with Crippen molar-refractivity contribution in [2.45, 2.75) is 26.8 Å². The van der Waals surface area contributed by atoms with E-state index < -0.39 is 4.92 Å². The van der Waals surface area contributed by atoms with Crippen LogP contribution in [0.4, 0.5) is 11.4 Å². The second-order valence-corrected chi connectivity index (χ2v) is 4.95. The molecule has 1 atom stereocenters. The number of rotatable bonds is 4. The number of nitrogens with zero attached hydrogens (tertiary/aromatic N) is 1. The van der Waals surface area contributed by atoms with E-state index in [1.807, 2.05) is 0 Å². The first-order chi connectivity index (χ1) is 7.41. The van der Waals surface area contributed by atoms with E-state index in [-0.39, 0.29) is 11.7 Å². The summed E-state index contributed by atoms with van der Waals surface area (Å²) in [5.41, 5.74) is 0.858. The molecule has 88 valence electrons. The first kappa shape index (κ1) is 13.0. The predicted octanol–water partition coefficient (Wildman–Crippen LogP) is 3.81. The van der Waals surface area contributed by atoms with E-state index >= 15 is 0 Å². The number of anilines is 1. The molecule has 0 saturated heterocycles. The quantitative estimate of drug-likeness (QED) is 0.676. The van der Waals surface area contributed by atoms with Gasteiger partial charge in [0.1, 0.15) is 0 Å². The fourth-order valence-corrected chi connectivity index (χ4v) is 1.51. The molecule has 0 aliphatic heterocycles. The summed E-state index contributed by atoms with van der Waals surface area (Å²) in [6.07, 6.45) is 0. The van der Waals surface area contributed by atoms with Crippen LogP contribution in [0.2, 0.25) is 0 Å². The smallest absolute Gasteiger partial charge is 0.271 e. The molecule has 0 fully saturated rings. The highest BCUT2D eigenvalue weighted by Gasteiger charge is 2.12. The number of non-ortho nitro benzene ring substituents is 1. The highest BCUT2D eigenvalue weighted by Crippen LogP contribution is 2.28. The zero-order valence-corrected chi connectivity index (χ0v) is 11.1. The molecule has 0 aliphatic carbocycles. The molecule has 0 bridgehead atoms. The molecule has 1 rings (SSSR count). The van der Waals surface area contributed by atoms with Gasteiger partial charge in [0.2, 0.25) is 0 Å². The Morgan fingerprint density at radius 1 is 1.38 bits per heavy atom. The zero-order chi connectivity index (χ0) is 12.3. The lowest BCUT2D eigenvalue weighted by molar-refractivity contribution is -0.384. The molecule has 0 saturated carbocycles. The minimum atomic E-state index is -0.391. The average Bonchev–Trinajstić information content (AvgIpc) is 2.20. The highest BCUT2D eigenvalue weighted by atomic mass is 79.9. The monoisotopic (exact) mass is 286 g/mol. The second kappa shape index (κ2) is 5.30. The van der Waals surface area contributed by atoms with Gasteiger partial charge in [-0.2, -0.15) is 0 Å². The van der Waals surface area contributed by atoms with E-state index in [2.05, 4.69) is 42.0 Å². The number of benzene rings is 1. The van der Waals surface area contributed by atoms with Gasteiger partial charge in [-0.1, -0.05) is 13.8 Å². The van der Waals surface area contributed by atoms with Crippen LogP contribution in [0.5, 0.6) is 0 Å². The maximum absolute atomic E-state index is 10.6. The lowest BCUT2D eigenvalue weighted by atomic mass is 10.1. The van der Waals surface area contributed by atoms with Gasteiger partial charge in [0, 0.05) is 22.6 Å². The standard InChI is InChI=1S/C11H15BrN2O2/c1-7(2)8(3)13-11-6-9(14(15)16)4-5-10(11)12/h4-8,13H,1-3H3. The molecule has 0 radical (unpaired) electrons. The van der Waals surface area contributed by atoms with E-state index in [4.69, 9.17) is 0 Å². The van der Waals surface area contributed by atoms with Crippen LogP contribution in [0.1, 0.15) is 20.8 Å². The van der Waals surface area contributed by atoms with Crippen molar-refractivity contribution in [1.82, 2.24) is 0 Å². The Balaban J connectivity index is 2.94. The molecule has 0 spiro atoms. The Bertz CT molecular complexity index is 394. The molecule has 1 N–H and O–H groups in total. The first-order valence-electron chi connectivity index (χ1n) is 5.12. The molecule has 1 unspecified atom stereocenters. The minimum Gasteiger partial charge on any atom is -0.381 e. The Kier molecular flexibility index (Phi) is 4.29. The third-order valence-electron chi connectivity index (χ3n) is 2.54. The SMILES string of the molecule is CC(C)C(C)Nc1cc([N+](=O)[O-])ccc1Br. The van der Waals surface area contributed by atoms with Crippen molar-refractivity contribution in [1.29, 1.82) is 0 Å². The summed E-state index contributed by atoms with van der Waals surface area (Å²) < 4.78 is 0.839. The fraction of sp³-hybridized carbons (Fsp3) is 0.455. The van der Waals surface area contributed by atoms with Gasteiger partial charge >= 0.3 is 0 Å². The van der Waals surface area contributed by atoms with Crippen LogP contribution in [-0.4, -0.2) is 11.0 Å². The van der Waals surface area contributed by atoms with Gasteiger partial charge in [-0.05, 0) is 34.8 Å². The zero-order valence-electron chi connectivity index (χ0n) is 9.53. The number of nitro benzene ring substituents is 1. The lowest BCUT2D eigenvalue weighted by Crippen LogP contribution is -2.21. The topological polar surface area (TPSA) is 55.2 Å². The Morgan fingerprint density at radius 2 is 2.00 bits per heavy atom. The Labute approximate surface area is 103 Å². The van der Waals surface area contributed by atoms with Crippen molar-refractivity contribution in [3.05, 3.63) is 32.8 Å². The van der Waals surface area contributed by atoms with E-state index in [1.165, 1.54) is 6.07 Å². The maximum Gasteiger partial charge on any atom is 0.271 e. The summed E-state index contributed by atoms with van der Waals surface area (Å²) in [5, 5.41) is 13.9. The summed E-state index contributed by atoms with van der Waals surface area (Å²) in [7, 11) is 0. The summed E-state index contributed by atoms with van der Waals surface area (Å²) in [6.45, 7) is 6.25. The van der Waals surface area contributed by atoms with Crippen molar-refractivity contribution in [3.8, 4) is 0 Å². The second-order valence-electron chi connectivity index (χ2n) is 4.10. The van der Waals surface area contributed by atoms with E-state index in [1.54, 1.807) is 12.1 Å². The number of hydrogen-bond donors (Lipinski definition) is 1. The molecular formula is C11H15BrN2O2. The number of nitrogens with one attached hydrogen (secondary N) is 1. The summed E-state index contributed by atoms with van der Waals surface area (Å²) in [4.78, 5) is 10.3.